The molecule has 0 saturated heterocycles. The van der Waals surface area contributed by atoms with Crippen LogP contribution in [0.15, 0.2) is 16.7 Å². The van der Waals surface area contributed by atoms with Gasteiger partial charge in [0.25, 0.3) is 0 Å². The molecule has 0 aliphatic rings. The van der Waals surface area contributed by atoms with Crippen molar-refractivity contribution in [2.45, 2.75) is 32.4 Å². The zero-order valence-corrected chi connectivity index (χ0v) is 10.0. The topological polar surface area (TPSA) is 75.3 Å². The van der Waals surface area contributed by atoms with Crippen LogP contribution in [0.4, 0.5) is 0 Å². The lowest BCUT2D eigenvalue weighted by Crippen LogP contribution is -2.27. The summed E-state index contributed by atoms with van der Waals surface area (Å²) in [4.78, 5) is 11.3. The molecule has 1 aromatic heterocycles. The number of furan rings is 1. The molecule has 1 rings (SSSR count). The van der Waals surface area contributed by atoms with Gasteiger partial charge in [0.1, 0.15) is 0 Å². The maximum Gasteiger partial charge on any atom is 0.374 e. The first kappa shape index (κ1) is 13.3. The van der Waals surface area contributed by atoms with E-state index >= 15 is 0 Å². The summed E-state index contributed by atoms with van der Waals surface area (Å²) in [5.74, 6) is -0.271. The summed E-state index contributed by atoms with van der Waals surface area (Å²) in [7, 11) is 1.31. The fraction of sp³-hybridized carbons (Fsp3) is 0.500. The maximum atomic E-state index is 11.3. The van der Waals surface area contributed by atoms with Crippen LogP contribution in [0.5, 0.6) is 0 Å². The van der Waals surface area contributed by atoms with Gasteiger partial charge in [-0.05, 0) is 12.5 Å². The zero-order valence-electron chi connectivity index (χ0n) is 10.0. The van der Waals surface area contributed by atoms with E-state index in [1.54, 1.807) is 6.07 Å². The molecule has 0 aliphatic heterocycles. The molecule has 1 atom stereocenters. The van der Waals surface area contributed by atoms with E-state index in [1.165, 1.54) is 13.4 Å². The van der Waals surface area contributed by atoms with Crippen molar-refractivity contribution in [2.24, 2.45) is 0 Å². The highest BCUT2D eigenvalue weighted by Gasteiger charge is 2.16. The van der Waals surface area contributed by atoms with Gasteiger partial charge in [-0.3, -0.25) is 0 Å². The van der Waals surface area contributed by atoms with Crippen LogP contribution in [-0.2, 0) is 11.3 Å². The van der Waals surface area contributed by atoms with Crippen LogP contribution in [0, 0.1) is 11.3 Å². The van der Waals surface area contributed by atoms with Gasteiger partial charge < -0.3 is 14.5 Å². The minimum Gasteiger partial charge on any atom is -0.463 e. The third kappa shape index (κ3) is 3.61. The second-order valence-corrected chi connectivity index (χ2v) is 3.61. The van der Waals surface area contributed by atoms with Crippen LogP contribution < -0.4 is 5.32 Å². The lowest BCUT2D eigenvalue weighted by atomic mass is 10.1. The summed E-state index contributed by atoms with van der Waals surface area (Å²) in [5, 5.41) is 11.8. The number of hydrogen-bond donors (Lipinski definition) is 1. The molecule has 0 saturated carbocycles. The molecule has 0 bridgehead atoms. The third-order valence-electron chi connectivity index (χ3n) is 2.53. The standard InChI is InChI=1S/C12H16N2O3/c1-3-10(4-6-13)14-8-9-5-7-17-11(9)12(15)16-2/h5,7,10,14H,3-4,8H2,1-2H3. The largest absolute Gasteiger partial charge is 0.463 e. The van der Waals surface area contributed by atoms with E-state index in [9.17, 15) is 4.79 Å². The van der Waals surface area contributed by atoms with Crippen molar-refractivity contribution in [3.63, 3.8) is 0 Å². The molecule has 92 valence electrons. The Kier molecular flexibility index (Phi) is 5.24. The fourth-order valence-corrected chi connectivity index (χ4v) is 1.47. The van der Waals surface area contributed by atoms with Crippen molar-refractivity contribution in [1.82, 2.24) is 5.32 Å². The SMILES string of the molecule is CCC(CC#N)NCc1ccoc1C(=O)OC. The summed E-state index contributed by atoms with van der Waals surface area (Å²) in [5.41, 5.74) is 0.744. The van der Waals surface area contributed by atoms with Crippen LogP contribution in [0.1, 0.15) is 35.9 Å². The lowest BCUT2D eigenvalue weighted by Gasteiger charge is -2.12. The molecule has 1 unspecified atom stereocenters. The quantitative estimate of drug-likeness (QED) is 0.763. The Morgan fingerprint density at radius 2 is 2.47 bits per heavy atom. The van der Waals surface area contributed by atoms with Crippen molar-refractivity contribution < 1.29 is 13.9 Å². The molecule has 0 fully saturated rings. The van der Waals surface area contributed by atoms with Crippen LogP contribution in [0.2, 0.25) is 0 Å². The Bertz CT molecular complexity index is 406. The molecule has 0 spiro atoms. The number of methoxy groups -OCH3 is 1. The van der Waals surface area contributed by atoms with E-state index in [4.69, 9.17) is 9.68 Å². The first-order valence-electron chi connectivity index (χ1n) is 5.47. The second kappa shape index (κ2) is 6.71. The number of esters is 1. The molecular weight excluding hydrogens is 220 g/mol. The normalized spacial score (nSPS) is 11.8. The molecule has 1 heterocycles. The Labute approximate surface area is 100 Å². The van der Waals surface area contributed by atoms with Crippen molar-refractivity contribution in [1.29, 1.82) is 5.26 Å². The number of rotatable bonds is 6. The summed E-state index contributed by atoms with van der Waals surface area (Å²) < 4.78 is 9.67. The smallest absolute Gasteiger partial charge is 0.374 e. The van der Waals surface area contributed by atoms with Gasteiger partial charge in [-0.2, -0.15) is 5.26 Å². The van der Waals surface area contributed by atoms with Crippen LogP contribution in [0.25, 0.3) is 0 Å². The molecule has 0 radical (unpaired) electrons. The van der Waals surface area contributed by atoms with E-state index in [1.807, 2.05) is 6.92 Å². The number of nitrogens with zero attached hydrogens (tertiary/aromatic N) is 1. The van der Waals surface area contributed by atoms with Gasteiger partial charge in [-0.15, -0.1) is 0 Å². The van der Waals surface area contributed by atoms with Gasteiger partial charge in [0.05, 0.1) is 25.9 Å². The minimum atomic E-state index is -0.486. The van der Waals surface area contributed by atoms with E-state index in [2.05, 4.69) is 16.1 Å². The molecular formula is C12H16N2O3. The average Bonchev–Trinajstić information content (AvgIpc) is 2.81. The van der Waals surface area contributed by atoms with Gasteiger partial charge in [-0.25, -0.2) is 4.79 Å². The summed E-state index contributed by atoms with van der Waals surface area (Å²) >= 11 is 0. The highest BCUT2D eigenvalue weighted by Crippen LogP contribution is 2.12. The summed E-state index contributed by atoms with van der Waals surface area (Å²) in [6.07, 6.45) is 2.76. The second-order valence-electron chi connectivity index (χ2n) is 3.61. The van der Waals surface area contributed by atoms with Crippen molar-refractivity contribution in [2.75, 3.05) is 7.11 Å². The number of carbonyl (C=O) groups is 1. The van der Waals surface area contributed by atoms with Crippen LogP contribution in [0.3, 0.4) is 0 Å². The molecule has 0 amide bonds. The molecule has 5 nitrogen and oxygen atoms in total. The predicted octanol–water partition coefficient (Wildman–Crippen LogP) is 1.85. The van der Waals surface area contributed by atoms with E-state index in [-0.39, 0.29) is 11.8 Å². The fourth-order valence-electron chi connectivity index (χ4n) is 1.47. The number of ether oxygens (including phenoxy) is 1. The Hall–Kier alpha value is -1.80. The van der Waals surface area contributed by atoms with Crippen molar-refractivity contribution in [3.05, 3.63) is 23.7 Å². The molecule has 0 aliphatic carbocycles. The molecule has 1 N–H and O–H groups in total. The zero-order chi connectivity index (χ0) is 12.7. The van der Waals surface area contributed by atoms with Gasteiger partial charge in [0.2, 0.25) is 5.76 Å². The average molecular weight is 236 g/mol. The van der Waals surface area contributed by atoms with Gasteiger partial charge >= 0.3 is 5.97 Å². The Balaban J connectivity index is 2.60. The van der Waals surface area contributed by atoms with Crippen LogP contribution in [-0.4, -0.2) is 19.1 Å². The summed E-state index contributed by atoms with van der Waals surface area (Å²) in [6.45, 7) is 2.49. The predicted molar refractivity (Wildman–Crippen MR) is 61.2 cm³/mol. The summed E-state index contributed by atoms with van der Waals surface area (Å²) in [6, 6.07) is 3.97. The van der Waals surface area contributed by atoms with E-state index in [0.29, 0.717) is 13.0 Å². The lowest BCUT2D eigenvalue weighted by molar-refractivity contribution is 0.0563. The van der Waals surface area contributed by atoms with Crippen molar-refractivity contribution >= 4 is 5.97 Å². The first-order valence-corrected chi connectivity index (χ1v) is 5.47. The van der Waals surface area contributed by atoms with E-state index in [0.717, 1.165) is 12.0 Å². The van der Waals surface area contributed by atoms with Crippen molar-refractivity contribution in [3.8, 4) is 6.07 Å². The Morgan fingerprint density at radius 3 is 3.06 bits per heavy atom. The van der Waals surface area contributed by atoms with Gasteiger partial charge in [-0.1, -0.05) is 6.92 Å². The number of carbonyl (C=O) groups excluding carboxylic acids is 1. The number of nitrogens with one attached hydrogen (secondary N) is 1. The van der Waals surface area contributed by atoms with E-state index < -0.39 is 5.97 Å². The number of nitriles is 1. The Morgan fingerprint density at radius 1 is 1.71 bits per heavy atom. The molecule has 17 heavy (non-hydrogen) atoms. The highest BCUT2D eigenvalue weighted by molar-refractivity contribution is 5.87. The monoisotopic (exact) mass is 236 g/mol. The maximum absolute atomic E-state index is 11.3. The highest BCUT2D eigenvalue weighted by atomic mass is 16.5. The first-order chi connectivity index (χ1) is 8.22. The molecule has 5 heteroatoms. The third-order valence-corrected chi connectivity index (χ3v) is 2.53. The molecule has 0 aromatic carbocycles. The number of hydrogen-bond acceptors (Lipinski definition) is 5. The van der Waals surface area contributed by atoms with Crippen LogP contribution >= 0.6 is 0 Å². The van der Waals surface area contributed by atoms with Gasteiger partial charge in [0.15, 0.2) is 0 Å². The van der Waals surface area contributed by atoms with Gasteiger partial charge in [0, 0.05) is 18.2 Å². The minimum absolute atomic E-state index is 0.125. The molecule has 1 aromatic rings.